The Morgan fingerprint density at radius 1 is 0.943 bits per heavy atom. The van der Waals surface area contributed by atoms with E-state index in [9.17, 15) is 35.1 Å². The highest BCUT2D eigenvalue weighted by Crippen LogP contribution is 2.35. The molecule has 1 aliphatic rings. The van der Waals surface area contributed by atoms with Crippen molar-refractivity contribution < 1.29 is 53.7 Å². The number of aromatic hydroxyl groups is 2. The molecule has 3 aromatic rings. The van der Waals surface area contributed by atoms with E-state index < -0.39 is 47.9 Å². The molecule has 2 aromatic carbocycles. The minimum atomic E-state index is -1.81. The smallest absolute Gasteiger partial charge is 0.337 e. The van der Waals surface area contributed by atoms with E-state index >= 15 is 0 Å². The second-order valence-corrected chi connectivity index (χ2v) is 7.71. The minimum absolute atomic E-state index is 0.0650. The van der Waals surface area contributed by atoms with E-state index in [1.165, 1.54) is 25.3 Å². The molecule has 1 saturated heterocycles. The number of fused-ring (bicyclic) bond motifs is 1. The fourth-order valence-electron chi connectivity index (χ4n) is 3.69. The van der Waals surface area contributed by atoms with E-state index in [0.29, 0.717) is 5.56 Å². The van der Waals surface area contributed by atoms with Crippen LogP contribution in [0.2, 0.25) is 0 Å². The van der Waals surface area contributed by atoms with Crippen LogP contribution in [0.25, 0.3) is 22.3 Å². The first-order valence-corrected chi connectivity index (χ1v) is 10.3. The summed E-state index contributed by atoms with van der Waals surface area (Å²) >= 11 is 0. The molecule has 2 heterocycles. The largest absolute Gasteiger partial charge is 0.507 e. The van der Waals surface area contributed by atoms with Gasteiger partial charge >= 0.3 is 5.97 Å². The van der Waals surface area contributed by atoms with Crippen molar-refractivity contribution in [2.24, 2.45) is 0 Å². The highest BCUT2D eigenvalue weighted by Gasteiger charge is 2.48. The monoisotopic (exact) mass is 490 g/mol. The number of methoxy groups -OCH3 is 2. The number of phenols is 2. The highest BCUT2D eigenvalue weighted by molar-refractivity contribution is 5.86. The molecule has 0 aliphatic carbocycles. The Morgan fingerprint density at radius 3 is 2.34 bits per heavy atom. The molecule has 0 amide bonds. The number of rotatable bonds is 5. The molecule has 4 rings (SSSR count). The van der Waals surface area contributed by atoms with Crippen molar-refractivity contribution >= 4 is 16.9 Å². The van der Waals surface area contributed by atoms with Gasteiger partial charge in [0.1, 0.15) is 46.5 Å². The van der Waals surface area contributed by atoms with Crippen molar-refractivity contribution in [1.29, 1.82) is 0 Å². The average molecular weight is 490 g/mol. The molecule has 5 atom stereocenters. The molecule has 1 fully saturated rings. The molecule has 1 aliphatic heterocycles. The maximum Gasteiger partial charge on any atom is 0.337 e. The summed E-state index contributed by atoms with van der Waals surface area (Å²) in [7, 11) is 2.43. The minimum Gasteiger partial charge on any atom is -0.507 e. The van der Waals surface area contributed by atoms with Crippen molar-refractivity contribution in [2.75, 3.05) is 14.2 Å². The number of esters is 1. The van der Waals surface area contributed by atoms with Crippen LogP contribution in [0, 0.1) is 0 Å². The zero-order valence-electron chi connectivity index (χ0n) is 18.4. The van der Waals surface area contributed by atoms with Crippen LogP contribution in [0.15, 0.2) is 45.6 Å². The average Bonchev–Trinajstić information content (AvgIpc) is 2.83. The first-order chi connectivity index (χ1) is 16.6. The van der Waals surface area contributed by atoms with Crippen LogP contribution in [0.5, 0.6) is 23.0 Å². The molecular formula is C23H22O12. The summed E-state index contributed by atoms with van der Waals surface area (Å²) in [4.78, 5) is 24.5. The van der Waals surface area contributed by atoms with Crippen LogP contribution in [-0.2, 0) is 14.3 Å². The van der Waals surface area contributed by atoms with Gasteiger partial charge in [-0.25, -0.2) is 4.79 Å². The number of phenolic OH excluding ortho intramolecular Hbond substituents is 2. The Hall–Kier alpha value is -3.84. The van der Waals surface area contributed by atoms with Crippen LogP contribution in [0.4, 0.5) is 0 Å². The lowest BCUT2D eigenvalue weighted by Crippen LogP contribution is -2.61. The third kappa shape index (κ3) is 4.47. The molecule has 186 valence electrons. The van der Waals surface area contributed by atoms with Crippen LogP contribution in [0.3, 0.4) is 0 Å². The summed E-state index contributed by atoms with van der Waals surface area (Å²) < 4.78 is 26.0. The first kappa shape index (κ1) is 24.3. The molecule has 0 spiro atoms. The zero-order valence-corrected chi connectivity index (χ0v) is 18.4. The number of carbonyl (C=O) groups is 1. The van der Waals surface area contributed by atoms with Gasteiger partial charge in [-0.05, 0) is 18.2 Å². The first-order valence-electron chi connectivity index (χ1n) is 10.3. The van der Waals surface area contributed by atoms with E-state index in [4.69, 9.17) is 18.6 Å². The molecule has 0 saturated carbocycles. The Morgan fingerprint density at radius 2 is 1.69 bits per heavy atom. The summed E-state index contributed by atoms with van der Waals surface area (Å²) in [5, 5.41) is 50.6. The molecular weight excluding hydrogens is 468 g/mol. The topological polar surface area (TPSA) is 185 Å². The van der Waals surface area contributed by atoms with Gasteiger partial charge in [-0.15, -0.1) is 0 Å². The van der Waals surface area contributed by atoms with Gasteiger partial charge in [-0.1, -0.05) is 0 Å². The van der Waals surface area contributed by atoms with Crippen LogP contribution in [-0.4, -0.2) is 76.4 Å². The third-order valence-corrected chi connectivity index (χ3v) is 5.50. The van der Waals surface area contributed by atoms with E-state index in [1.54, 1.807) is 6.07 Å². The molecule has 12 nitrogen and oxygen atoms in total. The van der Waals surface area contributed by atoms with E-state index in [1.807, 2.05) is 0 Å². The lowest BCUT2D eigenvalue weighted by molar-refractivity contribution is -0.271. The number of hydrogen-bond donors (Lipinski definition) is 5. The fourth-order valence-corrected chi connectivity index (χ4v) is 3.69. The number of aliphatic hydroxyl groups excluding tert-OH is 3. The number of ether oxygens (including phenoxy) is 4. The van der Waals surface area contributed by atoms with Gasteiger partial charge in [-0.2, -0.15) is 0 Å². The molecule has 1 aromatic heterocycles. The van der Waals surface area contributed by atoms with Gasteiger partial charge < -0.3 is 48.9 Å². The quantitative estimate of drug-likeness (QED) is 0.307. The third-order valence-electron chi connectivity index (χ3n) is 5.50. The Balaban J connectivity index is 1.71. The van der Waals surface area contributed by atoms with E-state index in [-0.39, 0.29) is 34.0 Å². The van der Waals surface area contributed by atoms with E-state index in [0.717, 1.165) is 19.2 Å². The van der Waals surface area contributed by atoms with Gasteiger partial charge in [0, 0.05) is 23.8 Å². The fraction of sp³-hybridized carbons (Fsp3) is 0.304. The normalized spacial score (nSPS) is 24.2. The molecule has 0 radical (unpaired) electrons. The van der Waals surface area contributed by atoms with Gasteiger partial charge in [0.2, 0.25) is 6.29 Å². The van der Waals surface area contributed by atoms with Gasteiger partial charge in [0.25, 0.3) is 0 Å². The van der Waals surface area contributed by atoms with Crippen molar-refractivity contribution in [3.8, 4) is 34.3 Å². The SMILES string of the molecule is COC(=O)[C@H]1O[C@@H](Oc2cc(O)c3c(=O)cc(-c4ccc(OC)c(O)c4)oc3c2)[C@H](O)[C@@H](O)[C@@H]1O. The van der Waals surface area contributed by atoms with Gasteiger partial charge in [0.05, 0.1) is 14.2 Å². The second-order valence-electron chi connectivity index (χ2n) is 7.71. The van der Waals surface area contributed by atoms with Crippen LogP contribution < -0.4 is 14.9 Å². The summed E-state index contributed by atoms with van der Waals surface area (Å²) in [6, 6.07) is 7.77. The Bertz CT molecular complexity index is 1320. The highest BCUT2D eigenvalue weighted by atomic mass is 16.7. The number of benzene rings is 2. The van der Waals surface area contributed by atoms with Crippen molar-refractivity contribution in [3.05, 3.63) is 46.6 Å². The lowest BCUT2D eigenvalue weighted by atomic mass is 9.99. The van der Waals surface area contributed by atoms with Gasteiger partial charge in [0.15, 0.2) is 23.0 Å². The number of hydrogen-bond acceptors (Lipinski definition) is 12. The van der Waals surface area contributed by atoms with Crippen LogP contribution in [0.1, 0.15) is 0 Å². The van der Waals surface area contributed by atoms with Gasteiger partial charge in [-0.3, -0.25) is 4.79 Å². The zero-order chi connectivity index (χ0) is 25.4. The molecule has 35 heavy (non-hydrogen) atoms. The molecule has 0 unspecified atom stereocenters. The molecule has 5 N–H and O–H groups in total. The Labute approximate surface area is 197 Å². The summed E-state index contributed by atoms with van der Waals surface area (Å²) in [5.74, 6) is -1.56. The van der Waals surface area contributed by atoms with Crippen molar-refractivity contribution in [3.63, 3.8) is 0 Å². The standard InChI is InChI=1S/C23H22O12/c1-31-14-4-3-9(5-11(14)24)15-8-13(26)17-12(25)6-10(7-16(17)34-15)33-23-20(29)18(27)19(28)21(35-23)22(30)32-2/h3-8,18-21,23-25,27-29H,1-2H3/t18-,19-,20+,21-,23+/m0/s1. The summed E-state index contributed by atoms with van der Waals surface area (Å²) in [6.45, 7) is 0. The van der Waals surface area contributed by atoms with Crippen molar-refractivity contribution in [2.45, 2.75) is 30.7 Å². The molecule has 12 heteroatoms. The van der Waals surface area contributed by atoms with Crippen molar-refractivity contribution in [1.82, 2.24) is 0 Å². The summed E-state index contributed by atoms with van der Waals surface area (Å²) in [6.07, 6.45) is -8.65. The second kappa shape index (κ2) is 9.43. The maximum atomic E-state index is 12.7. The molecule has 0 bridgehead atoms. The number of aliphatic hydroxyl groups is 3. The maximum absolute atomic E-state index is 12.7. The number of carbonyl (C=O) groups excluding carboxylic acids is 1. The van der Waals surface area contributed by atoms with E-state index in [2.05, 4.69) is 4.74 Å². The summed E-state index contributed by atoms with van der Waals surface area (Å²) in [5.41, 5.74) is -0.343. The Kier molecular flexibility index (Phi) is 6.54. The lowest BCUT2D eigenvalue weighted by Gasteiger charge is -2.38. The van der Waals surface area contributed by atoms with Crippen LogP contribution >= 0.6 is 0 Å². The predicted molar refractivity (Wildman–Crippen MR) is 117 cm³/mol. The predicted octanol–water partition coefficient (Wildman–Crippen LogP) is 0.239.